The largest absolute Gasteiger partial charge is 0.399 e. The number of carbonyl (C=O) groups is 2. The molecule has 3 aliphatic heterocycles. The summed E-state index contributed by atoms with van der Waals surface area (Å²) in [5.41, 5.74) is 10.9. The smallest absolute Gasteiger partial charge is 0.235 e. The van der Waals surface area contributed by atoms with Crippen LogP contribution in [0.1, 0.15) is 30.0 Å². The number of anilines is 2. The molecule has 2 aromatic carbocycles. The van der Waals surface area contributed by atoms with Crippen LogP contribution in [0.5, 0.6) is 0 Å². The third-order valence-electron chi connectivity index (χ3n) is 7.94. The zero-order valence-electron chi connectivity index (χ0n) is 20.7. The van der Waals surface area contributed by atoms with Crippen LogP contribution in [-0.4, -0.2) is 76.7 Å². The number of carbonyl (C=O) groups excluding carboxylic acids is 2. The minimum atomic E-state index is -0.381. The minimum Gasteiger partial charge on any atom is -0.399 e. The summed E-state index contributed by atoms with van der Waals surface area (Å²) in [7, 11) is 1.95. The molecule has 9 nitrogen and oxygen atoms in total. The van der Waals surface area contributed by atoms with Crippen LogP contribution in [0.15, 0.2) is 42.5 Å². The van der Waals surface area contributed by atoms with E-state index in [-0.39, 0.29) is 17.7 Å². The molecule has 6 rings (SSSR count). The summed E-state index contributed by atoms with van der Waals surface area (Å²) >= 11 is 0. The van der Waals surface area contributed by atoms with Crippen LogP contribution in [-0.2, 0) is 23.2 Å². The molecule has 3 N–H and O–H groups in total. The van der Waals surface area contributed by atoms with Crippen molar-refractivity contribution in [3.63, 3.8) is 0 Å². The van der Waals surface area contributed by atoms with Crippen molar-refractivity contribution in [3.8, 4) is 0 Å². The molecule has 188 valence electrons. The number of hydrogen-bond acceptors (Lipinski definition) is 7. The van der Waals surface area contributed by atoms with Gasteiger partial charge in [0.15, 0.2) is 0 Å². The van der Waals surface area contributed by atoms with Gasteiger partial charge in [-0.25, -0.2) is 0 Å². The topological polar surface area (TPSA) is 99.7 Å². The fourth-order valence-corrected chi connectivity index (χ4v) is 5.92. The summed E-state index contributed by atoms with van der Waals surface area (Å²) < 4.78 is 1.90. The number of rotatable bonds is 5. The van der Waals surface area contributed by atoms with Crippen LogP contribution in [0.2, 0.25) is 0 Å². The molecule has 0 bridgehead atoms. The highest BCUT2D eigenvalue weighted by molar-refractivity contribution is 6.03. The summed E-state index contributed by atoms with van der Waals surface area (Å²) in [6.07, 6.45) is 0.866. The Hall–Kier alpha value is -3.43. The van der Waals surface area contributed by atoms with Gasteiger partial charge in [0.1, 0.15) is 0 Å². The van der Waals surface area contributed by atoms with Crippen molar-refractivity contribution in [1.29, 1.82) is 0 Å². The van der Waals surface area contributed by atoms with E-state index in [1.165, 1.54) is 11.3 Å². The second-order valence-corrected chi connectivity index (χ2v) is 10.3. The van der Waals surface area contributed by atoms with Gasteiger partial charge in [0.05, 0.1) is 22.8 Å². The van der Waals surface area contributed by atoms with E-state index in [4.69, 9.17) is 10.8 Å². The van der Waals surface area contributed by atoms with Gasteiger partial charge in [0, 0.05) is 76.4 Å². The van der Waals surface area contributed by atoms with Gasteiger partial charge in [-0.15, -0.1) is 0 Å². The molecule has 3 fully saturated rings. The Balaban J connectivity index is 1.10. The number of benzene rings is 2. The predicted molar refractivity (Wildman–Crippen MR) is 140 cm³/mol. The molecular formula is C27H33N7O2. The van der Waals surface area contributed by atoms with Gasteiger partial charge < -0.3 is 10.6 Å². The van der Waals surface area contributed by atoms with Gasteiger partial charge in [0.2, 0.25) is 11.8 Å². The van der Waals surface area contributed by atoms with Gasteiger partial charge in [-0.05, 0) is 30.2 Å². The molecule has 3 aliphatic rings. The number of piperidine rings is 1. The molecule has 0 radical (unpaired) electrons. The van der Waals surface area contributed by atoms with Crippen molar-refractivity contribution >= 4 is 34.1 Å². The SMILES string of the molecule is Cn1nc(C2CCC(=O)NC2=O)c2cccc(N3CCN(C4CN(Cc5ccc(N)cc5)C4)CC3)c21. The summed E-state index contributed by atoms with van der Waals surface area (Å²) in [6, 6.07) is 15.1. The molecule has 3 aromatic rings. The van der Waals surface area contributed by atoms with Crippen molar-refractivity contribution in [2.45, 2.75) is 31.3 Å². The normalized spacial score (nSPS) is 22.1. The first kappa shape index (κ1) is 23.0. The number of nitrogen functional groups attached to an aromatic ring is 1. The monoisotopic (exact) mass is 487 g/mol. The van der Waals surface area contributed by atoms with Crippen LogP contribution in [0.4, 0.5) is 11.4 Å². The highest BCUT2D eigenvalue weighted by Crippen LogP contribution is 2.35. The zero-order valence-corrected chi connectivity index (χ0v) is 20.7. The first-order valence-corrected chi connectivity index (χ1v) is 12.8. The highest BCUT2D eigenvalue weighted by atomic mass is 16.2. The van der Waals surface area contributed by atoms with E-state index in [2.05, 4.69) is 44.3 Å². The molecule has 0 saturated carbocycles. The molecule has 0 spiro atoms. The lowest BCUT2D eigenvalue weighted by Gasteiger charge is -2.48. The lowest BCUT2D eigenvalue weighted by atomic mass is 9.92. The van der Waals surface area contributed by atoms with Crippen LogP contribution < -0.4 is 16.0 Å². The van der Waals surface area contributed by atoms with E-state index in [9.17, 15) is 9.59 Å². The van der Waals surface area contributed by atoms with E-state index >= 15 is 0 Å². The van der Waals surface area contributed by atoms with Crippen molar-refractivity contribution in [3.05, 3.63) is 53.7 Å². The molecule has 4 heterocycles. The minimum absolute atomic E-state index is 0.199. The average molecular weight is 488 g/mol. The Morgan fingerprint density at radius 2 is 1.78 bits per heavy atom. The maximum Gasteiger partial charge on any atom is 0.235 e. The van der Waals surface area contributed by atoms with Crippen LogP contribution in [0.3, 0.4) is 0 Å². The van der Waals surface area contributed by atoms with E-state index in [0.29, 0.717) is 18.9 Å². The molecule has 1 atom stereocenters. The van der Waals surface area contributed by atoms with Crippen LogP contribution >= 0.6 is 0 Å². The van der Waals surface area contributed by atoms with Gasteiger partial charge >= 0.3 is 0 Å². The molecule has 1 aromatic heterocycles. The maximum atomic E-state index is 12.5. The van der Waals surface area contributed by atoms with Crippen molar-refractivity contribution in [2.24, 2.45) is 7.05 Å². The van der Waals surface area contributed by atoms with Crippen LogP contribution in [0.25, 0.3) is 10.9 Å². The van der Waals surface area contributed by atoms with E-state index < -0.39 is 0 Å². The molecular weight excluding hydrogens is 454 g/mol. The Morgan fingerprint density at radius 1 is 1.03 bits per heavy atom. The Labute approximate surface area is 210 Å². The third-order valence-corrected chi connectivity index (χ3v) is 7.94. The average Bonchev–Trinajstić information content (AvgIpc) is 3.19. The molecule has 9 heteroatoms. The van der Waals surface area contributed by atoms with E-state index in [1.807, 2.05) is 29.9 Å². The number of nitrogens with one attached hydrogen (secondary N) is 1. The highest BCUT2D eigenvalue weighted by Gasteiger charge is 2.35. The summed E-state index contributed by atoms with van der Waals surface area (Å²) in [4.78, 5) is 31.7. The molecule has 0 aliphatic carbocycles. The van der Waals surface area contributed by atoms with Gasteiger partial charge in [-0.1, -0.05) is 24.3 Å². The zero-order chi connectivity index (χ0) is 24.8. The predicted octanol–water partition coefficient (Wildman–Crippen LogP) is 1.68. The van der Waals surface area contributed by atoms with Crippen molar-refractivity contribution < 1.29 is 9.59 Å². The fraction of sp³-hybridized carbons (Fsp3) is 0.444. The number of piperazine rings is 1. The number of fused-ring (bicyclic) bond motifs is 1. The number of nitrogens with two attached hydrogens (primary N) is 1. The van der Waals surface area contributed by atoms with E-state index in [0.717, 1.165) is 68.1 Å². The molecule has 3 saturated heterocycles. The number of aromatic nitrogens is 2. The summed E-state index contributed by atoms with van der Waals surface area (Å²) in [6.45, 7) is 7.20. The number of imide groups is 1. The number of likely N-dealkylation sites (tertiary alicyclic amines) is 1. The third kappa shape index (κ3) is 4.22. The number of amides is 2. The number of aryl methyl sites for hydroxylation is 1. The number of para-hydroxylation sites is 1. The number of hydrogen-bond donors (Lipinski definition) is 2. The standard InChI is InChI=1S/C27H33N7O2/c1-31-26-21(25(30-31)22-9-10-24(35)29-27(22)36)3-2-4-23(26)34-13-11-33(12-14-34)20-16-32(17-20)15-18-5-7-19(28)8-6-18/h2-8,20,22H,9-17,28H2,1H3,(H,29,35,36). The first-order chi connectivity index (χ1) is 17.5. The lowest BCUT2D eigenvalue weighted by molar-refractivity contribution is -0.134. The molecule has 2 amide bonds. The van der Waals surface area contributed by atoms with Crippen molar-refractivity contribution in [2.75, 3.05) is 49.9 Å². The van der Waals surface area contributed by atoms with Crippen molar-refractivity contribution in [1.82, 2.24) is 24.9 Å². The van der Waals surface area contributed by atoms with Gasteiger partial charge in [0.25, 0.3) is 0 Å². The van der Waals surface area contributed by atoms with Crippen LogP contribution in [0, 0.1) is 0 Å². The lowest BCUT2D eigenvalue weighted by Crippen LogP contribution is -2.62. The van der Waals surface area contributed by atoms with Gasteiger partial charge in [-0.2, -0.15) is 5.10 Å². The quantitative estimate of drug-likeness (QED) is 0.417. The van der Waals surface area contributed by atoms with E-state index in [1.54, 1.807) is 0 Å². The second kappa shape index (κ2) is 9.22. The Kier molecular flexibility index (Phi) is 5.89. The Morgan fingerprint density at radius 3 is 2.50 bits per heavy atom. The molecule has 1 unspecified atom stereocenters. The second-order valence-electron chi connectivity index (χ2n) is 10.3. The fourth-order valence-electron chi connectivity index (χ4n) is 5.92. The van der Waals surface area contributed by atoms with Gasteiger partial charge in [-0.3, -0.25) is 29.4 Å². The summed E-state index contributed by atoms with van der Waals surface area (Å²) in [5.74, 6) is -0.820. The Bertz CT molecular complexity index is 1290. The maximum absolute atomic E-state index is 12.5. The summed E-state index contributed by atoms with van der Waals surface area (Å²) in [5, 5.41) is 8.23. The molecule has 36 heavy (non-hydrogen) atoms. The number of nitrogens with zero attached hydrogens (tertiary/aromatic N) is 5. The first-order valence-electron chi connectivity index (χ1n) is 12.8.